The Morgan fingerprint density at radius 2 is 0.606 bits per heavy atom. The van der Waals surface area contributed by atoms with E-state index in [2.05, 4.69) is 191 Å². The molecule has 6 heteroatoms. The molecule has 0 spiro atoms. The van der Waals surface area contributed by atoms with E-state index in [0.29, 0.717) is 0 Å². The van der Waals surface area contributed by atoms with Gasteiger partial charge >= 0.3 is 0 Å². The summed E-state index contributed by atoms with van der Waals surface area (Å²) in [6, 6.07) is 72.6. The summed E-state index contributed by atoms with van der Waals surface area (Å²) in [6.45, 7) is 2.06. The Hall–Kier alpha value is -7.70. The largest absolute Gasteiger partial charge is 0.340 e. The third-order valence-electron chi connectivity index (χ3n) is 12.8. The van der Waals surface area contributed by atoms with E-state index in [1.165, 1.54) is 95.0 Å². The predicted octanol–water partition coefficient (Wildman–Crippen LogP) is 16.1. The zero-order valence-corrected chi connectivity index (χ0v) is 37.5. The van der Waals surface area contributed by atoms with Crippen molar-refractivity contribution in [3.05, 3.63) is 217 Å². The van der Waals surface area contributed by atoms with Gasteiger partial charge in [-0.15, -0.1) is 0 Å². The molecule has 2 heterocycles. The topological polar surface area (TPSA) is 41.1 Å². The fourth-order valence-corrected chi connectivity index (χ4v) is 9.48. The number of benzene rings is 8. The van der Waals surface area contributed by atoms with Gasteiger partial charge < -0.3 is 9.13 Å². The minimum Gasteiger partial charge on any atom is -0.340 e. The van der Waals surface area contributed by atoms with E-state index in [0.717, 1.165) is 47.0 Å². The second kappa shape index (κ2) is 20.4. The van der Waals surface area contributed by atoms with Crippen LogP contribution >= 0.6 is 0 Å². The molecule has 2 aromatic heterocycles. The van der Waals surface area contributed by atoms with Crippen LogP contribution in [-0.4, -0.2) is 21.6 Å². The molecular weight excluding hydrogens is 805 g/mol. The maximum absolute atomic E-state index is 4.98. The van der Waals surface area contributed by atoms with E-state index in [1.54, 1.807) is 0 Å². The van der Waals surface area contributed by atoms with Gasteiger partial charge in [0.1, 0.15) is 0 Å². The molecular formula is C60H56N6. The van der Waals surface area contributed by atoms with E-state index in [-0.39, 0.29) is 0 Å². The van der Waals surface area contributed by atoms with Gasteiger partial charge in [0.25, 0.3) is 0 Å². The van der Waals surface area contributed by atoms with Crippen LogP contribution in [0.5, 0.6) is 0 Å². The van der Waals surface area contributed by atoms with Crippen LogP contribution in [0.2, 0.25) is 0 Å². The Kier molecular flexibility index (Phi) is 13.1. The van der Waals surface area contributed by atoms with Crippen molar-refractivity contribution in [1.82, 2.24) is 9.13 Å². The normalized spacial score (nSPS) is 11.8. The number of hydrogen-bond acceptors (Lipinski definition) is 4. The highest BCUT2D eigenvalue weighted by Gasteiger charge is 2.14. The molecule has 8 aromatic carbocycles. The van der Waals surface area contributed by atoms with Crippen molar-refractivity contribution in [2.75, 3.05) is 10.0 Å². The van der Waals surface area contributed by atoms with Gasteiger partial charge in [-0.2, -0.15) is 10.2 Å². The quantitative estimate of drug-likeness (QED) is 0.0462. The van der Waals surface area contributed by atoms with Crippen molar-refractivity contribution in [1.29, 1.82) is 0 Å². The van der Waals surface area contributed by atoms with Gasteiger partial charge in [-0.3, -0.25) is 0 Å². The summed E-state index contributed by atoms with van der Waals surface area (Å²) in [4.78, 5) is 0. The van der Waals surface area contributed by atoms with Crippen LogP contribution in [0.3, 0.4) is 0 Å². The van der Waals surface area contributed by atoms with Gasteiger partial charge in [0.2, 0.25) is 0 Å². The first-order valence-corrected chi connectivity index (χ1v) is 23.7. The zero-order chi connectivity index (χ0) is 44.3. The number of nitrogens with zero attached hydrogens (tertiary/aromatic N) is 6. The summed E-state index contributed by atoms with van der Waals surface area (Å²) in [6.07, 6.45) is 14.0. The number of aromatic nitrogens is 2. The van der Waals surface area contributed by atoms with Gasteiger partial charge in [-0.25, -0.2) is 10.0 Å². The Morgan fingerprint density at radius 1 is 0.303 bits per heavy atom. The lowest BCUT2D eigenvalue weighted by Crippen LogP contribution is -2.09. The Labute approximate surface area is 388 Å². The SMILES string of the molecule is C(=NN(c1ccccc1)c1ccccc1)c1ccc2c(c1)c1ccccc1n2CCCCCCCCCCn1c2ccccc2c2cc(C=NN(c3ccccc3)c3ccccc3)ccc21. The smallest absolute Gasteiger partial charge is 0.0652 e. The number of para-hydroxylation sites is 6. The first-order valence-electron chi connectivity index (χ1n) is 23.7. The summed E-state index contributed by atoms with van der Waals surface area (Å²) in [5.41, 5.74) is 11.5. The number of aryl methyl sites for hydroxylation is 2. The molecule has 0 aliphatic carbocycles. The molecule has 0 saturated carbocycles. The fraction of sp³-hybridized carbons (Fsp3) is 0.167. The molecule has 66 heavy (non-hydrogen) atoms. The second-order valence-electron chi connectivity index (χ2n) is 17.2. The van der Waals surface area contributed by atoms with E-state index < -0.39 is 0 Å². The second-order valence-corrected chi connectivity index (χ2v) is 17.2. The molecule has 10 aromatic rings. The lowest BCUT2D eigenvalue weighted by molar-refractivity contribution is 0.536. The average Bonchev–Trinajstić information content (AvgIpc) is 3.87. The van der Waals surface area contributed by atoms with E-state index >= 15 is 0 Å². The highest BCUT2D eigenvalue weighted by Crippen LogP contribution is 2.33. The third-order valence-corrected chi connectivity index (χ3v) is 12.8. The van der Waals surface area contributed by atoms with Gasteiger partial charge in [0.15, 0.2) is 0 Å². The Morgan fingerprint density at radius 3 is 0.970 bits per heavy atom. The van der Waals surface area contributed by atoms with E-state index in [1.807, 2.05) is 46.7 Å². The first kappa shape index (κ1) is 42.3. The zero-order valence-electron chi connectivity index (χ0n) is 37.5. The van der Waals surface area contributed by atoms with Crippen LogP contribution in [-0.2, 0) is 13.1 Å². The number of fused-ring (bicyclic) bond motifs is 6. The molecule has 0 bridgehead atoms. The number of hydrazone groups is 2. The summed E-state index contributed by atoms with van der Waals surface area (Å²) >= 11 is 0. The summed E-state index contributed by atoms with van der Waals surface area (Å²) in [5, 5.41) is 19.1. The molecule has 0 atom stereocenters. The monoisotopic (exact) mass is 860 g/mol. The molecule has 0 aliphatic rings. The highest BCUT2D eigenvalue weighted by molar-refractivity contribution is 6.10. The summed E-state index contributed by atoms with van der Waals surface area (Å²) < 4.78 is 5.06. The molecule has 0 fully saturated rings. The molecule has 0 radical (unpaired) electrons. The molecule has 0 saturated heterocycles. The Balaban J connectivity index is 0.723. The maximum Gasteiger partial charge on any atom is 0.0652 e. The van der Waals surface area contributed by atoms with Crippen LogP contribution in [0.15, 0.2) is 216 Å². The molecule has 6 nitrogen and oxygen atoms in total. The lowest BCUT2D eigenvalue weighted by atomic mass is 10.1. The van der Waals surface area contributed by atoms with Gasteiger partial charge in [0.05, 0.1) is 35.2 Å². The fourth-order valence-electron chi connectivity index (χ4n) is 9.48. The number of unbranched alkanes of at least 4 members (excludes halogenated alkanes) is 7. The molecule has 10 rings (SSSR count). The van der Waals surface area contributed by atoms with Gasteiger partial charge in [-0.1, -0.05) is 160 Å². The van der Waals surface area contributed by atoms with Crippen molar-refractivity contribution in [3.8, 4) is 0 Å². The predicted molar refractivity (Wildman–Crippen MR) is 281 cm³/mol. The Bertz CT molecular complexity index is 2910. The van der Waals surface area contributed by atoms with Crippen molar-refractivity contribution in [2.24, 2.45) is 10.2 Å². The van der Waals surface area contributed by atoms with Crippen LogP contribution in [0, 0.1) is 0 Å². The van der Waals surface area contributed by atoms with Crippen LogP contribution in [0.25, 0.3) is 43.6 Å². The van der Waals surface area contributed by atoms with Crippen LogP contribution < -0.4 is 10.0 Å². The standard InChI is InChI=1S/C60H56N6/c1(3-5-23-41-63-57-35-21-19-33-53(57)55-43-47(37-39-59(55)63)45-61-65(49-25-11-7-12-26-49)50-27-13-8-14-28-50)2-4-6-24-42-64-58-36-22-20-34-54(58)56-44-48(38-40-60(56)64)46-62-66(51-29-15-9-16-30-51)52-31-17-10-18-32-52/h7-22,25-40,43-46H,1-6,23-24,41-42H2. The molecule has 0 N–H and O–H groups in total. The van der Waals surface area contributed by atoms with Crippen molar-refractivity contribution < 1.29 is 0 Å². The van der Waals surface area contributed by atoms with Crippen molar-refractivity contribution in [3.63, 3.8) is 0 Å². The molecule has 0 aliphatic heterocycles. The summed E-state index contributed by atoms with van der Waals surface area (Å²) in [7, 11) is 0. The van der Waals surface area contributed by atoms with Gasteiger partial charge in [0, 0.05) is 56.7 Å². The highest BCUT2D eigenvalue weighted by atomic mass is 15.5. The van der Waals surface area contributed by atoms with Crippen LogP contribution in [0.4, 0.5) is 22.7 Å². The summed E-state index contributed by atoms with van der Waals surface area (Å²) in [5.74, 6) is 0. The maximum atomic E-state index is 4.98. The molecule has 0 unspecified atom stereocenters. The third kappa shape index (κ3) is 9.41. The minimum absolute atomic E-state index is 1.03. The first-order chi connectivity index (χ1) is 32.8. The minimum atomic E-state index is 1.03. The van der Waals surface area contributed by atoms with Crippen molar-refractivity contribution >= 4 is 78.8 Å². The number of anilines is 4. The molecule has 326 valence electrons. The van der Waals surface area contributed by atoms with Crippen LogP contribution in [0.1, 0.15) is 62.5 Å². The van der Waals surface area contributed by atoms with E-state index in [9.17, 15) is 0 Å². The average molecular weight is 861 g/mol. The lowest BCUT2D eigenvalue weighted by Gasteiger charge is -2.19. The number of hydrogen-bond donors (Lipinski definition) is 0. The van der Waals surface area contributed by atoms with Crippen molar-refractivity contribution in [2.45, 2.75) is 64.5 Å². The van der Waals surface area contributed by atoms with E-state index in [4.69, 9.17) is 10.2 Å². The number of rotatable bonds is 19. The van der Waals surface area contributed by atoms with Gasteiger partial charge in [-0.05, 0) is 109 Å². The molecule has 0 amide bonds.